The summed E-state index contributed by atoms with van der Waals surface area (Å²) in [5.74, 6) is -0.932. The van der Waals surface area contributed by atoms with Crippen LogP contribution in [0.2, 0.25) is 0 Å². The van der Waals surface area contributed by atoms with Crippen molar-refractivity contribution in [3.05, 3.63) is 45.1 Å². The van der Waals surface area contributed by atoms with E-state index in [0.717, 1.165) is 10.4 Å². The van der Waals surface area contributed by atoms with E-state index in [0.29, 0.717) is 30.0 Å². The first-order chi connectivity index (χ1) is 14.0. The fourth-order valence-corrected chi connectivity index (χ4v) is 4.15. The van der Waals surface area contributed by atoms with Crippen molar-refractivity contribution in [2.24, 2.45) is 0 Å². The number of nitrogens with one attached hydrogen (secondary N) is 1. The number of thiophene rings is 1. The lowest BCUT2D eigenvalue weighted by Crippen LogP contribution is -2.39. The molecular formula is C21H26N2O6S. The molecule has 4 N–H and O–H groups in total. The number of fused-ring (bicyclic) bond motifs is 1. The van der Waals surface area contributed by atoms with E-state index in [4.69, 9.17) is 4.74 Å². The Hall–Kier alpha value is -2.78. The first-order valence-electron chi connectivity index (χ1n) is 9.61. The van der Waals surface area contributed by atoms with Gasteiger partial charge in [-0.25, -0.2) is 4.79 Å². The van der Waals surface area contributed by atoms with Crippen molar-refractivity contribution in [2.75, 3.05) is 13.1 Å². The van der Waals surface area contributed by atoms with E-state index in [-0.39, 0.29) is 30.0 Å². The van der Waals surface area contributed by atoms with Gasteiger partial charge in [0, 0.05) is 18.0 Å². The van der Waals surface area contributed by atoms with Crippen LogP contribution in [-0.4, -0.2) is 50.9 Å². The third-order valence-corrected chi connectivity index (χ3v) is 5.82. The van der Waals surface area contributed by atoms with Crippen LogP contribution in [0.4, 0.5) is 4.79 Å². The smallest absolute Gasteiger partial charge is 0.410 e. The number of phenols is 2. The van der Waals surface area contributed by atoms with Crippen molar-refractivity contribution in [2.45, 2.75) is 45.4 Å². The standard InChI is InChI=1S/C21H26N2O6S/c1-21(2,3)29-20(28)23-7-6-17-13(11-23)9-18(30-17)19(27)22-10-16(26)12-4-5-14(24)15(25)8-12/h4-5,8-9,16,24-26H,6-7,10-11H2,1-3H3,(H,22,27). The lowest BCUT2D eigenvalue weighted by atomic mass is 10.1. The summed E-state index contributed by atoms with van der Waals surface area (Å²) >= 11 is 1.38. The van der Waals surface area contributed by atoms with E-state index in [9.17, 15) is 24.9 Å². The van der Waals surface area contributed by atoms with Gasteiger partial charge in [0.1, 0.15) is 5.60 Å². The summed E-state index contributed by atoms with van der Waals surface area (Å²) in [6.45, 7) is 6.34. The highest BCUT2D eigenvalue weighted by molar-refractivity contribution is 7.14. The van der Waals surface area contributed by atoms with E-state index in [1.807, 2.05) is 20.8 Å². The van der Waals surface area contributed by atoms with Gasteiger partial charge in [-0.1, -0.05) is 6.07 Å². The maximum Gasteiger partial charge on any atom is 0.410 e. The summed E-state index contributed by atoms with van der Waals surface area (Å²) in [7, 11) is 0. The Morgan fingerprint density at radius 1 is 1.23 bits per heavy atom. The topological polar surface area (TPSA) is 119 Å². The number of ether oxygens (including phenoxy) is 1. The summed E-state index contributed by atoms with van der Waals surface area (Å²) in [5.41, 5.74) is 0.738. The van der Waals surface area contributed by atoms with Crippen LogP contribution in [0.5, 0.6) is 11.5 Å². The van der Waals surface area contributed by atoms with Crippen LogP contribution in [0.15, 0.2) is 24.3 Å². The maximum absolute atomic E-state index is 12.5. The number of phenolic OH excluding ortho intramolecular Hbond substituents is 2. The first-order valence-corrected chi connectivity index (χ1v) is 10.4. The highest BCUT2D eigenvalue weighted by Crippen LogP contribution is 2.30. The van der Waals surface area contributed by atoms with Crippen LogP contribution < -0.4 is 5.32 Å². The van der Waals surface area contributed by atoms with Crippen LogP contribution in [-0.2, 0) is 17.7 Å². The molecule has 0 radical (unpaired) electrons. The zero-order valence-electron chi connectivity index (χ0n) is 17.1. The minimum Gasteiger partial charge on any atom is -0.504 e. The molecule has 0 spiro atoms. The van der Waals surface area contributed by atoms with Gasteiger partial charge >= 0.3 is 6.09 Å². The molecule has 0 fully saturated rings. The van der Waals surface area contributed by atoms with Crippen molar-refractivity contribution in [1.29, 1.82) is 0 Å². The number of hydrogen-bond acceptors (Lipinski definition) is 7. The van der Waals surface area contributed by atoms with Crippen LogP contribution in [0, 0.1) is 0 Å². The quantitative estimate of drug-likeness (QED) is 0.550. The van der Waals surface area contributed by atoms with Gasteiger partial charge in [-0.05, 0) is 56.5 Å². The minimum atomic E-state index is -1.03. The van der Waals surface area contributed by atoms with Gasteiger partial charge in [0.05, 0.1) is 17.5 Å². The molecule has 2 heterocycles. The molecule has 1 aromatic heterocycles. The van der Waals surface area contributed by atoms with Gasteiger partial charge in [0.15, 0.2) is 11.5 Å². The second kappa shape index (κ2) is 8.53. The summed E-state index contributed by atoms with van der Waals surface area (Å²) in [5, 5.41) is 31.8. The SMILES string of the molecule is CC(C)(C)OC(=O)N1CCc2sc(C(=O)NCC(O)c3ccc(O)c(O)c3)cc2C1. The van der Waals surface area contributed by atoms with E-state index < -0.39 is 11.7 Å². The van der Waals surface area contributed by atoms with E-state index in [1.54, 1.807) is 11.0 Å². The molecule has 162 valence electrons. The number of amides is 2. The number of carbonyl (C=O) groups is 2. The number of rotatable bonds is 4. The van der Waals surface area contributed by atoms with Crippen molar-refractivity contribution in [1.82, 2.24) is 10.2 Å². The number of benzene rings is 1. The Morgan fingerprint density at radius 2 is 1.97 bits per heavy atom. The normalized spacial score (nSPS) is 14.7. The second-order valence-electron chi connectivity index (χ2n) is 8.18. The third-order valence-electron chi connectivity index (χ3n) is 4.58. The molecule has 0 aliphatic carbocycles. The molecule has 1 aromatic carbocycles. The van der Waals surface area contributed by atoms with Crippen molar-refractivity contribution >= 4 is 23.3 Å². The molecule has 30 heavy (non-hydrogen) atoms. The minimum absolute atomic E-state index is 0.0460. The van der Waals surface area contributed by atoms with Crippen molar-refractivity contribution in [3.8, 4) is 11.5 Å². The van der Waals surface area contributed by atoms with Crippen LogP contribution in [0.25, 0.3) is 0 Å². The molecule has 0 bridgehead atoms. The molecule has 0 saturated heterocycles. The van der Waals surface area contributed by atoms with Gasteiger partial charge in [0.25, 0.3) is 5.91 Å². The fraction of sp³-hybridized carbons (Fsp3) is 0.429. The molecule has 1 aliphatic heterocycles. The van der Waals surface area contributed by atoms with Gasteiger partial charge in [0.2, 0.25) is 0 Å². The Labute approximate surface area is 178 Å². The molecule has 8 nitrogen and oxygen atoms in total. The van der Waals surface area contributed by atoms with Crippen LogP contribution >= 0.6 is 11.3 Å². The average Bonchev–Trinajstić information content (AvgIpc) is 3.10. The predicted molar refractivity (Wildman–Crippen MR) is 112 cm³/mol. The lowest BCUT2D eigenvalue weighted by molar-refractivity contribution is 0.0225. The Morgan fingerprint density at radius 3 is 2.63 bits per heavy atom. The molecular weight excluding hydrogens is 408 g/mol. The summed E-state index contributed by atoms with van der Waals surface area (Å²) < 4.78 is 5.42. The number of aliphatic hydroxyl groups excluding tert-OH is 1. The molecule has 1 aliphatic rings. The largest absolute Gasteiger partial charge is 0.504 e. The maximum atomic E-state index is 12.5. The molecule has 3 rings (SSSR count). The van der Waals surface area contributed by atoms with Gasteiger partial charge < -0.3 is 30.3 Å². The zero-order valence-corrected chi connectivity index (χ0v) is 18.0. The van der Waals surface area contributed by atoms with E-state index in [2.05, 4.69) is 5.32 Å². The monoisotopic (exact) mass is 434 g/mol. The predicted octanol–water partition coefficient (Wildman–Crippen LogP) is 2.92. The number of aromatic hydroxyl groups is 2. The second-order valence-corrected chi connectivity index (χ2v) is 9.32. The average molecular weight is 435 g/mol. The van der Waals surface area contributed by atoms with Gasteiger partial charge in [-0.3, -0.25) is 4.79 Å². The Kier molecular flexibility index (Phi) is 6.23. The summed E-state index contributed by atoms with van der Waals surface area (Å²) in [6.07, 6.45) is -0.745. The van der Waals surface area contributed by atoms with Crippen molar-refractivity contribution in [3.63, 3.8) is 0 Å². The Balaban J connectivity index is 1.59. The highest BCUT2D eigenvalue weighted by atomic mass is 32.1. The molecule has 2 aromatic rings. The van der Waals surface area contributed by atoms with Gasteiger partial charge in [-0.2, -0.15) is 0 Å². The van der Waals surface area contributed by atoms with Crippen LogP contribution in [0.3, 0.4) is 0 Å². The fourth-order valence-electron chi connectivity index (χ4n) is 3.07. The van der Waals surface area contributed by atoms with Gasteiger partial charge in [-0.15, -0.1) is 11.3 Å². The van der Waals surface area contributed by atoms with Crippen molar-refractivity contribution < 1.29 is 29.6 Å². The highest BCUT2D eigenvalue weighted by Gasteiger charge is 2.28. The zero-order chi connectivity index (χ0) is 22.1. The molecule has 9 heteroatoms. The number of carbonyl (C=O) groups excluding carboxylic acids is 2. The van der Waals surface area contributed by atoms with Crippen LogP contribution in [0.1, 0.15) is 52.6 Å². The summed E-state index contributed by atoms with van der Waals surface area (Å²) in [4.78, 5) is 28.0. The molecule has 1 unspecified atom stereocenters. The third kappa shape index (κ3) is 5.22. The molecule has 1 atom stereocenters. The molecule has 2 amide bonds. The Bertz CT molecular complexity index is 949. The molecule has 0 saturated carbocycles. The summed E-state index contributed by atoms with van der Waals surface area (Å²) in [6, 6.07) is 5.77. The first kappa shape index (κ1) is 21.9. The van der Waals surface area contributed by atoms with E-state index in [1.165, 1.54) is 29.5 Å². The number of aliphatic hydroxyl groups is 1. The lowest BCUT2D eigenvalue weighted by Gasteiger charge is -2.29. The number of nitrogens with zero attached hydrogens (tertiary/aromatic N) is 1. The van der Waals surface area contributed by atoms with E-state index >= 15 is 0 Å². The number of hydrogen-bond donors (Lipinski definition) is 4.